The largest absolute Gasteiger partial charge is 0.456 e. The van der Waals surface area contributed by atoms with Crippen LogP contribution in [0.1, 0.15) is 20.8 Å². The Labute approximate surface area is 184 Å². The molecule has 1 heterocycles. The predicted molar refractivity (Wildman–Crippen MR) is 93.6 cm³/mol. The second-order valence-corrected chi connectivity index (χ2v) is 7.13. The first-order valence-corrected chi connectivity index (χ1v) is 9.40. The van der Waals surface area contributed by atoms with Gasteiger partial charge in [-0.25, -0.2) is 0 Å². The van der Waals surface area contributed by atoms with Gasteiger partial charge in [-0.1, -0.05) is 6.08 Å². The van der Waals surface area contributed by atoms with Crippen molar-refractivity contribution in [1.82, 2.24) is 0 Å². The van der Waals surface area contributed by atoms with Gasteiger partial charge in [-0.3, -0.25) is 18.9 Å². The minimum Gasteiger partial charge on any atom is -0.456 e. The normalized spacial score (nSPS) is 27.1. The Balaban J connectivity index is 0.00000729. The first kappa shape index (κ1) is 27.0. The van der Waals surface area contributed by atoms with E-state index in [2.05, 4.69) is 6.58 Å². The van der Waals surface area contributed by atoms with E-state index in [-0.39, 0.29) is 36.2 Å². The van der Waals surface area contributed by atoms with Gasteiger partial charge in [0, 0.05) is 50.3 Å². The molecule has 0 bridgehead atoms. The zero-order valence-electron chi connectivity index (χ0n) is 16.0. The summed E-state index contributed by atoms with van der Waals surface area (Å²) < 4.78 is 57.9. The molecule has 0 aromatic carbocycles. The van der Waals surface area contributed by atoms with Crippen LogP contribution in [0.25, 0.3) is 0 Å². The third kappa shape index (κ3) is 8.99. The van der Waals surface area contributed by atoms with Crippen molar-refractivity contribution in [2.24, 2.45) is 0 Å². The van der Waals surface area contributed by atoms with Gasteiger partial charge in [-0.2, -0.15) is 8.42 Å². The molecule has 5 unspecified atom stereocenters. The van der Waals surface area contributed by atoms with Crippen LogP contribution < -0.4 is 0 Å². The first-order valence-electron chi connectivity index (χ1n) is 7.79. The quantitative estimate of drug-likeness (QED) is 0.169. The molecule has 0 spiro atoms. The molecule has 1 saturated heterocycles. The van der Waals surface area contributed by atoms with Crippen molar-refractivity contribution in [1.29, 1.82) is 0 Å². The Morgan fingerprint density at radius 1 is 1.00 bits per heavy atom. The minimum absolute atomic E-state index is 0. The molecule has 13 heteroatoms. The van der Waals surface area contributed by atoms with Crippen LogP contribution in [0.2, 0.25) is 0 Å². The summed E-state index contributed by atoms with van der Waals surface area (Å²) >= 11 is 0. The molecule has 0 amide bonds. The maximum Gasteiger partial charge on any atom is 0.303 e. The molecule has 5 atom stereocenters. The second kappa shape index (κ2) is 11.9. The van der Waals surface area contributed by atoms with E-state index in [9.17, 15) is 22.8 Å². The van der Waals surface area contributed by atoms with Crippen LogP contribution in [0.3, 0.4) is 0 Å². The maximum absolute atomic E-state index is 11.5. The Morgan fingerprint density at radius 2 is 1.46 bits per heavy atom. The SMILES string of the molecule is C=CCOC1OC(CS(=O)(=O)O)C(OC(C)=O)C(OC(C)=O)C1OC(C)=O.[Na]. The summed E-state index contributed by atoms with van der Waals surface area (Å²) in [6.45, 7) is 6.56. The third-order valence-electron chi connectivity index (χ3n) is 3.25. The molecule has 155 valence electrons. The van der Waals surface area contributed by atoms with Gasteiger partial charge in [-0.05, 0) is 0 Å². The molecule has 0 aromatic rings. The van der Waals surface area contributed by atoms with Crippen molar-refractivity contribution in [2.75, 3.05) is 12.4 Å². The summed E-state index contributed by atoms with van der Waals surface area (Å²) in [7, 11) is -4.57. The average molecular weight is 433 g/mol. The smallest absolute Gasteiger partial charge is 0.303 e. The Bertz CT molecular complexity index is 677. The van der Waals surface area contributed by atoms with Crippen molar-refractivity contribution in [3.63, 3.8) is 0 Å². The molecule has 1 radical (unpaired) electrons. The first-order chi connectivity index (χ1) is 12.4. The van der Waals surface area contributed by atoms with Crippen LogP contribution >= 0.6 is 0 Å². The van der Waals surface area contributed by atoms with Gasteiger partial charge < -0.3 is 23.7 Å². The molecule has 1 aliphatic rings. The van der Waals surface area contributed by atoms with E-state index in [1.54, 1.807) is 0 Å². The van der Waals surface area contributed by atoms with E-state index in [1.165, 1.54) is 6.08 Å². The van der Waals surface area contributed by atoms with Crippen LogP contribution in [0.5, 0.6) is 0 Å². The van der Waals surface area contributed by atoms with Gasteiger partial charge in [0.05, 0.1) is 6.61 Å². The van der Waals surface area contributed by atoms with Crippen LogP contribution in [0, 0.1) is 0 Å². The van der Waals surface area contributed by atoms with Gasteiger partial charge in [-0.15, -0.1) is 6.58 Å². The zero-order valence-corrected chi connectivity index (χ0v) is 18.8. The van der Waals surface area contributed by atoms with E-state index < -0.39 is 64.5 Å². The number of hydrogen-bond acceptors (Lipinski definition) is 10. The van der Waals surface area contributed by atoms with Crippen LogP contribution in [-0.4, -0.2) is 104 Å². The van der Waals surface area contributed by atoms with Gasteiger partial charge >= 0.3 is 17.9 Å². The summed E-state index contributed by atoms with van der Waals surface area (Å²) in [5, 5.41) is 0. The number of rotatable bonds is 8. The van der Waals surface area contributed by atoms with E-state index in [0.717, 1.165) is 20.8 Å². The Hall–Kier alpha value is -1.02. The summed E-state index contributed by atoms with van der Waals surface area (Å²) in [6.07, 6.45) is -5.78. The topological polar surface area (TPSA) is 152 Å². The summed E-state index contributed by atoms with van der Waals surface area (Å²) in [4.78, 5) is 34.4. The van der Waals surface area contributed by atoms with Crippen LogP contribution in [0.15, 0.2) is 12.7 Å². The Kier molecular flexibility index (Phi) is 11.4. The van der Waals surface area contributed by atoms with E-state index in [4.69, 9.17) is 28.2 Å². The van der Waals surface area contributed by atoms with Gasteiger partial charge in [0.1, 0.15) is 11.9 Å². The van der Waals surface area contributed by atoms with Crippen molar-refractivity contribution in [3.8, 4) is 0 Å². The average Bonchev–Trinajstić information content (AvgIpc) is 2.48. The number of carbonyl (C=O) groups excluding carboxylic acids is 3. The number of ether oxygens (including phenoxy) is 5. The van der Waals surface area contributed by atoms with Crippen molar-refractivity contribution >= 4 is 57.6 Å². The van der Waals surface area contributed by atoms with Crippen LogP contribution in [0.4, 0.5) is 0 Å². The van der Waals surface area contributed by atoms with E-state index in [0.29, 0.717) is 0 Å². The molecular weight excluding hydrogens is 411 g/mol. The molecule has 0 aliphatic carbocycles. The monoisotopic (exact) mass is 433 g/mol. The predicted octanol–water partition coefficient (Wildman–Crippen LogP) is -0.784. The molecule has 11 nitrogen and oxygen atoms in total. The molecule has 1 fully saturated rings. The molecule has 28 heavy (non-hydrogen) atoms. The van der Waals surface area contributed by atoms with Gasteiger partial charge in [0.15, 0.2) is 24.6 Å². The molecule has 0 saturated carbocycles. The standard InChI is InChI=1S/C15H22O11S.Na/c1-5-6-22-15-14(25-10(4)18)13(24-9(3)17)12(23-8(2)16)11(26-15)7-27(19,20)21;/h5,11-15H,1,6-7H2,2-4H3,(H,19,20,21);. The zero-order chi connectivity index (χ0) is 20.8. The number of hydrogen-bond donors (Lipinski definition) is 1. The van der Waals surface area contributed by atoms with Gasteiger partial charge in [0.25, 0.3) is 10.1 Å². The fourth-order valence-corrected chi connectivity index (χ4v) is 3.18. The summed E-state index contributed by atoms with van der Waals surface area (Å²) in [5.41, 5.74) is 0. The molecule has 1 N–H and O–H groups in total. The molecule has 1 aliphatic heterocycles. The maximum atomic E-state index is 11.5. The molecular formula is C15H22NaO11S. The fourth-order valence-electron chi connectivity index (χ4n) is 2.49. The third-order valence-corrected chi connectivity index (χ3v) is 4.00. The fraction of sp³-hybridized carbons (Fsp3) is 0.667. The number of carbonyl (C=O) groups is 3. The van der Waals surface area contributed by atoms with Crippen molar-refractivity contribution in [2.45, 2.75) is 51.5 Å². The van der Waals surface area contributed by atoms with Crippen LogP contribution in [-0.2, 0) is 48.2 Å². The van der Waals surface area contributed by atoms with Crippen molar-refractivity contribution < 1.29 is 51.0 Å². The number of esters is 3. The summed E-state index contributed by atoms with van der Waals surface area (Å²) in [5.74, 6) is -3.41. The van der Waals surface area contributed by atoms with E-state index in [1.807, 2.05) is 0 Å². The second-order valence-electron chi connectivity index (χ2n) is 5.64. The van der Waals surface area contributed by atoms with E-state index >= 15 is 0 Å². The Morgan fingerprint density at radius 3 is 1.89 bits per heavy atom. The van der Waals surface area contributed by atoms with Crippen molar-refractivity contribution in [3.05, 3.63) is 12.7 Å². The van der Waals surface area contributed by atoms with Gasteiger partial charge in [0.2, 0.25) is 0 Å². The minimum atomic E-state index is -4.57. The molecule has 1 rings (SSSR count). The molecule has 0 aromatic heterocycles. The summed E-state index contributed by atoms with van der Waals surface area (Å²) in [6, 6.07) is 0.